The lowest BCUT2D eigenvalue weighted by Crippen LogP contribution is -1.94. The van der Waals surface area contributed by atoms with Gasteiger partial charge >= 0.3 is 0 Å². The fourth-order valence-electron chi connectivity index (χ4n) is 10.8. The Bertz CT molecular complexity index is 4710. The van der Waals surface area contributed by atoms with Crippen molar-refractivity contribution in [2.45, 2.75) is 20.6 Å². The third-order valence-corrected chi connectivity index (χ3v) is 14.8. The van der Waals surface area contributed by atoms with Crippen LogP contribution in [0.2, 0.25) is 0 Å². The average Bonchev–Trinajstić information content (AvgIpc) is 1.73. The second-order valence-corrected chi connectivity index (χ2v) is 19.7. The second kappa shape index (κ2) is 21.1. The number of aromatic nitrogens is 3. The van der Waals surface area contributed by atoms with Gasteiger partial charge in [-0.1, -0.05) is 212 Å². The Balaban J connectivity index is 0.979. The van der Waals surface area contributed by atoms with E-state index < -0.39 is 20.6 Å². The number of hydrogen-bond acceptors (Lipinski definition) is 3. The SMILES string of the molecule is [2H]C([2H])([2H])c1ccc(-c2ccc(-c3ccccc3-c3cc(-c4ccccc4-c4ccc(-c5cc(C([2H])([2H])[2H])ccn5)cc4)cc(-c4ccccc4-c4ccc(-c5cc(C([2H])([2H])[2H])c6ccccc6n5)cc4-c4ccc(-c5ccccc5)cc4)c3)cc2)nc1. The molecule has 3 nitrogen and oxygen atoms in total. The number of fused-ring (bicyclic) bond motifs is 1. The maximum Gasteiger partial charge on any atom is 0.0712 e. The minimum atomic E-state index is -2.37. The first kappa shape index (κ1) is 39.3. The minimum Gasteiger partial charge on any atom is -0.256 e. The molecular formula is C76H55N3. The van der Waals surface area contributed by atoms with Crippen LogP contribution in [0.4, 0.5) is 0 Å². The molecule has 0 saturated heterocycles. The van der Waals surface area contributed by atoms with Crippen LogP contribution in [0.25, 0.3) is 134 Å². The fraction of sp³-hybridized carbons (Fsp3) is 0.0395. The molecule has 0 atom stereocenters. The molecule has 0 N–H and O–H groups in total. The first-order valence-electron chi connectivity index (χ1n) is 30.8. The third kappa shape index (κ3) is 9.87. The van der Waals surface area contributed by atoms with Crippen molar-refractivity contribution >= 4 is 10.9 Å². The Labute approximate surface area is 475 Å². The number of pyridine rings is 3. The molecule has 0 amide bonds. The van der Waals surface area contributed by atoms with E-state index in [9.17, 15) is 0 Å². The Hall–Kier alpha value is -10.1. The Morgan fingerprint density at radius 2 is 0.747 bits per heavy atom. The fourth-order valence-corrected chi connectivity index (χ4v) is 10.8. The topological polar surface area (TPSA) is 38.7 Å². The number of aryl methyl sites for hydroxylation is 3. The van der Waals surface area contributed by atoms with Crippen molar-refractivity contribution in [3.8, 4) is 123 Å². The second-order valence-electron chi connectivity index (χ2n) is 19.7. The van der Waals surface area contributed by atoms with Gasteiger partial charge in [0.15, 0.2) is 0 Å². The van der Waals surface area contributed by atoms with Crippen LogP contribution in [0.3, 0.4) is 0 Å². The normalized spacial score (nSPS) is 13.4. The van der Waals surface area contributed by atoms with Gasteiger partial charge < -0.3 is 0 Å². The first-order chi connectivity index (χ1) is 42.5. The highest BCUT2D eigenvalue weighted by Gasteiger charge is 2.20. The van der Waals surface area contributed by atoms with Crippen LogP contribution >= 0.6 is 0 Å². The van der Waals surface area contributed by atoms with Crippen molar-refractivity contribution in [1.82, 2.24) is 15.0 Å². The van der Waals surface area contributed by atoms with E-state index in [-0.39, 0.29) is 16.7 Å². The van der Waals surface area contributed by atoms with Gasteiger partial charge in [-0.2, -0.15) is 0 Å². The van der Waals surface area contributed by atoms with Crippen molar-refractivity contribution in [3.05, 3.63) is 296 Å². The van der Waals surface area contributed by atoms with Gasteiger partial charge in [-0.05, 0) is 181 Å². The van der Waals surface area contributed by atoms with Gasteiger partial charge in [0.25, 0.3) is 0 Å². The molecule has 0 bridgehead atoms. The number of nitrogens with zero attached hydrogens (tertiary/aromatic N) is 3. The maximum atomic E-state index is 8.57. The summed E-state index contributed by atoms with van der Waals surface area (Å²) in [6.07, 6.45) is 2.96. The molecule has 0 aliphatic carbocycles. The van der Waals surface area contributed by atoms with E-state index in [0.717, 1.165) is 106 Å². The maximum absolute atomic E-state index is 8.57. The molecule has 0 fully saturated rings. The van der Waals surface area contributed by atoms with Gasteiger partial charge in [-0.3, -0.25) is 9.97 Å². The molecule has 79 heavy (non-hydrogen) atoms. The van der Waals surface area contributed by atoms with Crippen molar-refractivity contribution in [1.29, 1.82) is 0 Å². The van der Waals surface area contributed by atoms with Gasteiger partial charge in [0.1, 0.15) is 0 Å². The number of hydrogen-bond donors (Lipinski definition) is 0. The lowest BCUT2D eigenvalue weighted by atomic mass is 9.84. The largest absolute Gasteiger partial charge is 0.256 e. The lowest BCUT2D eigenvalue weighted by molar-refractivity contribution is 1.27. The molecule has 0 aliphatic rings. The summed E-state index contributed by atoms with van der Waals surface area (Å²) in [6, 6.07) is 89.1. The van der Waals surface area contributed by atoms with Crippen LogP contribution in [0.5, 0.6) is 0 Å². The highest BCUT2D eigenvalue weighted by molar-refractivity contribution is 5.98. The molecule has 3 heterocycles. The summed E-state index contributed by atoms with van der Waals surface area (Å²) >= 11 is 0. The number of benzene rings is 10. The summed E-state index contributed by atoms with van der Waals surface area (Å²) in [6.45, 7) is -6.89. The molecule has 0 radical (unpaired) electrons. The molecule has 13 aromatic rings. The smallest absolute Gasteiger partial charge is 0.0712 e. The molecule has 0 aliphatic heterocycles. The van der Waals surface area contributed by atoms with Crippen LogP contribution in [0.15, 0.2) is 279 Å². The van der Waals surface area contributed by atoms with E-state index in [0.29, 0.717) is 28.0 Å². The monoisotopic (exact) mass is 1020 g/mol. The predicted molar refractivity (Wildman–Crippen MR) is 331 cm³/mol. The average molecular weight is 1020 g/mol. The summed E-state index contributed by atoms with van der Waals surface area (Å²) in [4.78, 5) is 14.1. The number of para-hydroxylation sites is 1. The number of rotatable bonds is 11. The molecule has 0 saturated carbocycles. The summed E-state index contributed by atoms with van der Waals surface area (Å²) in [5.41, 5.74) is 21.5. The zero-order valence-corrected chi connectivity index (χ0v) is 42.9. The Kier molecular flexibility index (Phi) is 10.5. The van der Waals surface area contributed by atoms with Crippen LogP contribution in [0.1, 0.15) is 29.0 Å². The summed E-state index contributed by atoms with van der Waals surface area (Å²) in [5.74, 6) is 0. The van der Waals surface area contributed by atoms with Gasteiger partial charge in [-0.25, -0.2) is 4.98 Å². The summed E-state index contributed by atoms with van der Waals surface area (Å²) in [5, 5.41) is 0.597. The van der Waals surface area contributed by atoms with Crippen LogP contribution in [0, 0.1) is 20.6 Å². The quantitative estimate of drug-likeness (QED) is 0.130. The van der Waals surface area contributed by atoms with Gasteiger partial charge in [0.05, 0.1) is 22.6 Å². The van der Waals surface area contributed by atoms with E-state index >= 15 is 0 Å². The van der Waals surface area contributed by atoms with Gasteiger partial charge in [-0.15, -0.1) is 0 Å². The highest BCUT2D eigenvalue weighted by Crippen LogP contribution is 2.45. The van der Waals surface area contributed by atoms with Gasteiger partial charge in [0, 0.05) is 46.8 Å². The Morgan fingerprint density at radius 3 is 1.34 bits per heavy atom. The zero-order valence-electron chi connectivity index (χ0n) is 51.9. The summed E-state index contributed by atoms with van der Waals surface area (Å²) < 4.78 is 73.3. The molecule has 13 rings (SSSR count). The first-order valence-corrected chi connectivity index (χ1v) is 26.3. The van der Waals surface area contributed by atoms with E-state index in [1.807, 2.05) is 84.9 Å². The van der Waals surface area contributed by atoms with Crippen LogP contribution in [-0.2, 0) is 0 Å². The molecule has 374 valence electrons. The van der Waals surface area contributed by atoms with Crippen molar-refractivity contribution in [2.24, 2.45) is 0 Å². The standard InChI is InChI=1S/C76H55N3/c1-50-41-42-77-75(43-50)59-36-32-56(33-37-59)66-19-8-10-21-68(66)62-45-61(67-20-9-7-18-65(67)55-30-34-58(35-31-55)73-40-25-51(2)49-78-73)46-63(47-62)69-22-11-12-23-70(69)71-39-38-60(76-44-52(3)64-17-13-14-24-74(64)79-76)48-72(71)57-28-26-54(27-29-57)53-15-5-4-6-16-53/h4-49H,1-3H3/i1D3,2D3,3D3. The lowest BCUT2D eigenvalue weighted by Gasteiger charge is -2.19. The minimum absolute atomic E-state index is 0.189. The predicted octanol–water partition coefficient (Wildman–Crippen LogP) is 20.3. The zero-order chi connectivity index (χ0) is 60.7. The van der Waals surface area contributed by atoms with E-state index in [1.165, 1.54) is 12.3 Å². The van der Waals surface area contributed by atoms with Gasteiger partial charge in [0.2, 0.25) is 0 Å². The molecule has 10 aromatic carbocycles. The van der Waals surface area contributed by atoms with Crippen molar-refractivity contribution in [2.75, 3.05) is 0 Å². The van der Waals surface area contributed by atoms with Crippen LogP contribution < -0.4 is 0 Å². The summed E-state index contributed by atoms with van der Waals surface area (Å²) in [7, 11) is 0. The Morgan fingerprint density at radius 1 is 0.266 bits per heavy atom. The van der Waals surface area contributed by atoms with Crippen LogP contribution in [-0.4, -0.2) is 15.0 Å². The van der Waals surface area contributed by atoms with E-state index in [1.54, 1.807) is 30.5 Å². The molecule has 0 spiro atoms. The third-order valence-electron chi connectivity index (χ3n) is 14.8. The van der Waals surface area contributed by atoms with E-state index in [4.69, 9.17) is 17.3 Å². The molecular weight excluding hydrogens is 955 g/mol. The molecule has 3 heteroatoms. The van der Waals surface area contributed by atoms with Crippen molar-refractivity contribution in [3.63, 3.8) is 0 Å². The van der Waals surface area contributed by atoms with E-state index in [2.05, 4.69) is 162 Å². The molecule has 3 aromatic heterocycles. The van der Waals surface area contributed by atoms with Crippen molar-refractivity contribution < 1.29 is 12.3 Å². The molecule has 0 unspecified atom stereocenters. The highest BCUT2D eigenvalue weighted by atomic mass is 14.7.